The summed E-state index contributed by atoms with van der Waals surface area (Å²) in [5, 5.41) is 3.86. The lowest BCUT2D eigenvalue weighted by atomic mass is 9.89. The van der Waals surface area contributed by atoms with Gasteiger partial charge in [-0.2, -0.15) is 0 Å². The van der Waals surface area contributed by atoms with Gasteiger partial charge in [0.1, 0.15) is 16.4 Å². The van der Waals surface area contributed by atoms with Crippen molar-refractivity contribution in [3.63, 3.8) is 0 Å². The largest absolute Gasteiger partial charge is 0.496 e. The van der Waals surface area contributed by atoms with Crippen LogP contribution in [0.5, 0.6) is 5.75 Å². The molecule has 0 bridgehead atoms. The van der Waals surface area contributed by atoms with E-state index in [4.69, 9.17) is 16.3 Å². The molecule has 5 rings (SSSR count). The van der Waals surface area contributed by atoms with Gasteiger partial charge in [-0.05, 0) is 68.6 Å². The van der Waals surface area contributed by atoms with E-state index in [-0.39, 0.29) is 17.0 Å². The topological polar surface area (TPSA) is 54.5 Å². The number of ether oxygens (including phenoxy) is 1. The molecule has 4 aromatic rings. The number of thiophene rings is 1. The third-order valence-corrected chi connectivity index (χ3v) is 8.86. The molecule has 2 aromatic carbocycles. The van der Waals surface area contributed by atoms with Crippen molar-refractivity contribution in [2.75, 3.05) is 14.2 Å². The highest BCUT2D eigenvalue weighted by Gasteiger charge is 2.32. The number of halogens is 2. The standard InChI is InChI=1S/C29H29ClFN3O2S/c1-32-21-9-11-22(12-10-21)34(29(35)28-27(30)26-23(31)6-3-7-25(26)37-28)17-20-15-18(8-13-24(20)36-2)19-5-4-14-33-16-19/h3-8,13-16,21-22,32H,9-12,17H2,1-2H3/t21-,22+. The molecule has 1 fully saturated rings. The third kappa shape index (κ3) is 5.21. The summed E-state index contributed by atoms with van der Waals surface area (Å²) < 4.78 is 20.9. The molecule has 1 amide bonds. The zero-order valence-corrected chi connectivity index (χ0v) is 22.4. The molecule has 8 heteroatoms. The highest BCUT2D eigenvalue weighted by Crippen LogP contribution is 2.39. The van der Waals surface area contributed by atoms with E-state index >= 15 is 0 Å². The Kier molecular flexibility index (Phi) is 7.74. The Balaban J connectivity index is 1.54. The lowest BCUT2D eigenvalue weighted by Crippen LogP contribution is -2.44. The Morgan fingerprint density at radius 2 is 1.97 bits per heavy atom. The smallest absolute Gasteiger partial charge is 0.266 e. The van der Waals surface area contributed by atoms with Crippen LogP contribution < -0.4 is 10.1 Å². The summed E-state index contributed by atoms with van der Waals surface area (Å²) in [7, 11) is 3.62. The number of pyridine rings is 1. The normalized spacial score (nSPS) is 17.6. The summed E-state index contributed by atoms with van der Waals surface area (Å²) in [6, 6.07) is 15.2. The van der Waals surface area contributed by atoms with Crippen LogP contribution in [0.4, 0.5) is 4.39 Å². The molecule has 5 nitrogen and oxygen atoms in total. The van der Waals surface area contributed by atoms with Crippen molar-refractivity contribution in [1.82, 2.24) is 15.2 Å². The number of carbonyl (C=O) groups excluding carboxylic acids is 1. The van der Waals surface area contributed by atoms with Crippen molar-refractivity contribution >= 4 is 38.9 Å². The van der Waals surface area contributed by atoms with Crippen molar-refractivity contribution in [2.24, 2.45) is 0 Å². The Morgan fingerprint density at radius 1 is 1.16 bits per heavy atom. The van der Waals surface area contributed by atoms with E-state index in [0.717, 1.165) is 42.4 Å². The molecule has 0 unspecified atom stereocenters. The molecule has 2 aromatic heterocycles. The number of nitrogens with one attached hydrogen (secondary N) is 1. The fourth-order valence-electron chi connectivity index (χ4n) is 5.18. The van der Waals surface area contributed by atoms with Crippen LogP contribution in [0.1, 0.15) is 40.9 Å². The van der Waals surface area contributed by atoms with Crippen LogP contribution in [0, 0.1) is 5.82 Å². The fraction of sp³-hybridized carbons (Fsp3) is 0.310. The number of methoxy groups -OCH3 is 1. The molecule has 0 spiro atoms. The van der Waals surface area contributed by atoms with Gasteiger partial charge < -0.3 is 15.0 Å². The predicted octanol–water partition coefficient (Wildman–Crippen LogP) is 6.94. The van der Waals surface area contributed by atoms with Crippen molar-refractivity contribution in [3.8, 4) is 16.9 Å². The van der Waals surface area contributed by atoms with Crippen molar-refractivity contribution in [3.05, 3.63) is 82.2 Å². The third-order valence-electron chi connectivity index (χ3n) is 7.22. The van der Waals surface area contributed by atoms with Crippen molar-refractivity contribution in [2.45, 2.75) is 44.3 Å². The summed E-state index contributed by atoms with van der Waals surface area (Å²) in [6.45, 7) is 0.359. The summed E-state index contributed by atoms with van der Waals surface area (Å²) >= 11 is 7.88. The van der Waals surface area contributed by atoms with E-state index in [1.165, 1.54) is 17.4 Å². The van der Waals surface area contributed by atoms with Crippen LogP contribution in [-0.4, -0.2) is 42.0 Å². The second-order valence-corrected chi connectivity index (χ2v) is 10.8. The lowest BCUT2D eigenvalue weighted by molar-refractivity contribution is 0.0604. The van der Waals surface area contributed by atoms with E-state index in [0.29, 0.717) is 33.3 Å². The molecule has 0 radical (unpaired) electrons. The SMILES string of the molecule is CN[C@H]1CC[C@@H](N(Cc2cc(-c3cccnc3)ccc2OC)C(=O)c2sc3cccc(F)c3c2Cl)CC1. The van der Waals surface area contributed by atoms with Gasteiger partial charge in [-0.15, -0.1) is 11.3 Å². The number of amides is 1. The first-order valence-corrected chi connectivity index (χ1v) is 13.6. The molecule has 0 saturated heterocycles. The predicted molar refractivity (Wildman–Crippen MR) is 148 cm³/mol. The lowest BCUT2D eigenvalue weighted by Gasteiger charge is -2.37. The zero-order chi connectivity index (χ0) is 25.9. The molecular formula is C29H29ClFN3O2S. The summed E-state index contributed by atoms with van der Waals surface area (Å²) in [6.07, 6.45) is 7.27. The van der Waals surface area contributed by atoms with Crippen LogP contribution in [0.2, 0.25) is 5.02 Å². The van der Waals surface area contributed by atoms with Gasteiger partial charge in [-0.3, -0.25) is 9.78 Å². The van der Waals surface area contributed by atoms with Gasteiger partial charge in [0, 0.05) is 52.2 Å². The van der Waals surface area contributed by atoms with Gasteiger partial charge in [0.15, 0.2) is 0 Å². The fourth-order valence-corrected chi connectivity index (χ4v) is 6.69. The van der Waals surface area contributed by atoms with Crippen LogP contribution in [-0.2, 0) is 6.54 Å². The maximum Gasteiger partial charge on any atom is 0.266 e. The number of fused-ring (bicyclic) bond motifs is 1. The molecule has 37 heavy (non-hydrogen) atoms. The van der Waals surface area contributed by atoms with E-state index in [2.05, 4.69) is 16.4 Å². The Hall–Kier alpha value is -3.00. The minimum atomic E-state index is -0.412. The highest BCUT2D eigenvalue weighted by molar-refractivity contribution is 7.21. The molecule has 1 aliphatic rings. The molecule has 192 valence electrons. The number of hydrogen-bond acceptors (Lipinski definition) is 5. The monoisotopic (exact) mass is 537 g/mol. The molecule has 1 saturated carbocycles. The number of rotatable bonds is 7. The number of hydrogen-bond donors (Lipinski definition) is 1. The first-order valence-electron chi connectivity index (χ1n) is 12.4. The van der Waals surface area contributed by atoms with Gasteiger partial charge >= 0.3 is 0 Å². The second kappa shape index (κ2) is 11.2. The first-order chi connectivity index (χ1) is 18.0. The van der Waals surface area contributed by atoms with E-state index < -0.39 is 5.82 Å². The quantitative estimate of drug-likeness (QED) is 0.277. The maximum absolute atomic E-state index is 14.6. The minimum Gasteiger partial charge on any atom is -0.496 e. The summed E-state index contributed by atoms with van der Waals surface area (Å²) in [4.78, 5) is 20.6. The maximum atomic E-state index is 14.6. The highest BCUT2D eigenvalue weighted by atomic mass is 35.5. The summed E-state index contributed by atoms with van der Waals surface area (Å²) in [5.74, 6) is 0.125. The van der Waals surface area contributed by atoms with Crippen LogP contribution in [0.15, 0.2) is 60.9 Å². The van der Waals surface area contributed by atoms with Crippen LogP contribution >= 0.6 is 22.9 Å². The average Bonchev–Trinajstić information content (AvgIpc) is 3.29. The van der Waals surface area contributed by atoms with Gasteiger partial charge in [0.25, 0.3) is 5.91 Å². The van der Waals surface area contributed by atoms with Gasteiger partial charge in [0.05, 0.1) is 12.1 Å². The summed E-state index contributed by atoms with van der Waals surface area (Å²) in [5.41, 5.74) is 2.88. The van der Waals surface area contributed by atoms with Gasteiger partial charge in [0.2, 0.25) is 0 Å². The molecule has 0 aliphatic heterocycles. The number of aromatic nitrogens is 1. The number of benzene rings is 2. The molecule has 1 N–H and O–H groups in total. The van der Waals surface area contributed by atoms with Gasteiger partial charge in [-0.1, -0.05) is 29.8 Å². The van der Waals surface area contributed by atoms with Crippen molar-refractivity contribution < 1.29 is 13.9 Å². The Bertz CT molecular complexity index is 1400. The number of carbonyl (C=O) groups is 1. The number of nitrogens with zero attached hydrogens (tertiary/aromatic N) is 2. The van der Waals surface area contributed by atoms with E-state index in [1.54, 1.807) is 25.4 Å². The van der Waals surface area contributed by atoms with Crippen LogP contribution in [0.25, 0.3) is 21.2 Å². The van der Waals surface area contributed by atoms with E-state index in [9.17, 15) is 9.18 Å². The molecule has 1 aliphatic carbocycles. The first kappa shape index (κ1) is 25.6. The Labute approximate surface area is 225 Å². The second-order valence-electron chi connectivity index (χ2n) is 9.35. The van der Waals surface area contributed by atoms with E-state index in [1.807, 2.05) is 42.4 Å². The minimum absolute atomic E-state index is 0.0370. The molecular weight excluding hydrogens is 509 g/mol. The zero-order valence-electron chi connectivity index (χ0n) is 20.8. The Morgan fingerprint density at radius 3 is 2.65 bits per heavy atom. The van der Waals surface area contributed by atoms with Gasteiger partial charge in [-0.25, -0.2) is 4.39 Å². The molecule has 0 atom stereocenters. The van der Waals surface area contributed by atoms with Crippen LogP contribution in [0.3, 0.4) is 0 Å². The average molecular weight is 538 g/mol. The van der Waals surface area contributed by atoms with Crippen molar-refractivity contribution in [1.29, 1.82) is 0 Å². The molecule has 2 heterocycles.